The zero-order valence-electron chi connectivity index (χ0n) is 15.3. The minimum Gasteiger partial charge on any atom is -0.450 e. The lowest BCUT2D eigenvalue weighted by molar-refractivity contribution is 0.0570. The van der Waals surface area contributed by atoms with Gasteiger partial charge in [0, 0.05) is 44.5 Å². The van der Waals surface area contributed by atoms with E-state index >= 15 is 0 Å². The monoisotopic (exact) mass is 348 g/mol. The molecular weight excluding hydrogens is 320 g/mol. The van der Waals surface area contributed by atoms with Crippen LogP contribution in [-0.4, -0.2) is 66.1 Å². The van der Waals surface area contributed by atoms with Gasteiger partial charge in [-0.15, -0.1) is 0 Å². The van der Waals surface area contributed by atoms with E-state index in [4.69, 9.17) is 4.74 Å². The molecule has 0 spiro atoms. The fourth-order valence-electron chi connectivity index (χ4n) is 2.64. The molecular formula is C18H28N4O3. The number of hydrogen-bond donors (Lipinski definition) is 1. The van der Waals surface area contributed by atoms with Crippen LogP contribution in [0.25, 0.3) is 0 Å². The van der Waals surface area contributed by atoms with Crippen LogP contribution in [0.2, 0.25) is 0 Å². The van der Waals surface area contributed by atoms with Crippen LogP contribution in [0.4, 0.5) is 10.6 Å². The van der Waals surface area contributed by atoms with E-state index in [9.17, 15) is 9.59 Å². The van der Waals surface area contributed by atoms with Gasteiger partial charge < -0.3 is 19.9 Å². The van der Waals surface area contributed by atoms with E-state index in [2.05, 4.69) is 24.1 Å². The van der Waals surface area contributed by atoms with Crippen molar-refractivity contribution in [2.45, 2.75) is 27.2 Å². The van der Waals surface area contributed by atoms with Gasteiger partial charge in [-0.25, -0.2) is 9.78 Å². The second-order valence-corrected chi connectivity index (χ2v) is 6.52. The number of piperazine rings is 1. The Kier molecular flexibility index (Phi) is 7.03. The van der Waals surface area contributed by atoms with Crippen LogP contribution < -0.4 is 5.32 Å². The summed E-state index contributed by atoms with van der Waals surface area (Å²) in [4.78, 5) is 32.1. The normalized spacial score (nSPS) is 14.6. The molecule has 1 aromatic rings. The van der Waals surface area contributed by atoms with Crippen molar-refractivity contribution in [2.24, 2.45) is 5.92 Å². The molecule has 0 aromatic carbocycles. The third kappa shape index (κ3) is 5.62. The fourth-order valence-corrected chi connectivity index (χ4v) is 2.64. The Morgan fingerprint density at radius 2 is 1.92 bits per heavy atom. The van der Waals surface area contributed by atoms with Gasteiger partial charge in [0.2, 0.25) is 0 Å². The van der Waals surface area contributed by atoms with Gasteiger partial charge in [0.15, 0.2) is 0 Å². The van der Waals surface area contributed by atoms with E-state index in [0.717, 1.165) is 18.8 Å². The first-order chi connectivity index (χ1) is 12.0. The van der Waals surface area contributed by atoms with Crippen LogP contribution >= 0.6 is 0 Å². The van der Waals surface area contributed by atoms with Gasteiger partial charge in [-0.05, 0) is 31.4 Å². The molecule has 0 saturated carbocycles. The van der Waals surface area contributed by atoms with Crippen LogP contribution in [0.5, 0.6) is 0 Å². The average Bonchev–Trinajstić information content (AvgIpc) is 2.61. The van der Waals surface area contributed by atoms with Crippen LogP contribution in [0.3, 0.4) is 0 Å². The zero-order valence-corrected chi connectivity index (χ0v) is 15.3. The van der Waals surface area contributed by atoms with Crippen LogP contribution in [0.15, 0.2) is 18.3 Å². The number of anilines is 1. The summed E-state index contributed by atoms with van der Waals surface area (Å²) in [6, 6.07) is 3.52. The smallest absolute Gasteiger partial charge is 0.409 e. The van der Waals surface area contributed by atoms with E-state index in [1.165, 1.54) is 0 Å². The molecule has 1 aromatic heterocycles. The van der Waals surface area contributed by atoms with Crippen molar-refractivity contribution in [2.75, 3.05) is 44.6 Å². The predicted octanol–water partition coefficient (Wildman–Crippen LogP) is 2.45. The number of carbonyl (C=O) groups excluding carboxylic acids is 2. The maximum absolute atomic E-state index is 12.7. The summed E-state index contributed by atoms with van der Waals surface area (Å²) in [5, 5.41) is 3.26. The van der Waals surface area contributed by atoms with E-state index in [0.29, 0.717) is 44.3 Å². The first-order valence-corrected chi connectivity index (χ1v) is 8.92. The molecule has 0 atom stereocenters. The van der Waals surface area contributed by atoms with E-state index in [1.807, 2.05) is 0 Å². The second kappa shape index (κ2) is 9.25. The van der Waals surface area contributed by atoms with Gasteiger partial charge in [0.25, 0.3) is 5.91 Å². The number of nitrogens with one attached hydrogen (secondary N) is 1. The SMILES string of the molecule is CCOC(=O)N1CCN(C(=O)c2ccnc(NCCC(C)C)c2)CC1. The minimum atomic E-state index is -0.310. The fraction of sp³-hybridized carbons (Fsp3) is 0.611. The molecule has 1 fully saturated rings. The van der Waals surface area contributed by atoms with Gasteiger partial charge in [-0.2, -0.15) is 0 Å². The topological polar surface area (TPSA) is 74.8 Å². The van der Waals surface area contributed by atoms with Crippen molar-refractivity contribution in [1.29, 1.82) is 0 Å². The Balaban J connectivity index is 1.89. The molecule has 1 aliphatic heterocycles. The molecule has 1 aliphatic rings. The lowest BCUT2D eigenvalue weighted by Gasteiger charge is -2.34. The van der Waals surface area contributed by atoms with E-state index < -0.39 is 0 Å². The van der Waals surface area contributed by atoms with Gasteiger partial charge in [0.1, 0.15) is 5.82 Å². The molecule has 7 heteroatoms. The number of ether oxygens (including phenoxy) is 1. The van der Waals surface area contributed by atoms with Crippen molar-refractivity contribution in [3.63, 3.8) is 0 Å². The molecule has 138 valence electrons. The summed E-state index contributed by atoms with van der Waals surface area (Å²) in [5.41, 5.74) is 0.617. The molecule has 0 unspecified atom stereocenters. The highest BCUT2D eigenvalue weighted by molar-refractivity contribution is 5.95. The summed E-state index contributed by atoms with van der Waals surface area (Å²) in [7, 11) is 0. The first-order valence-electron chi connectivity index (χ1n) is 8.92. The third-order valence-corrected chi connectivity index (χ3v) is 4.13. The standard InChI is InChI=1S/C18H28N4O3/c1-4-25-18(24)22-11-9-21(10-12-22)17(23)15-6-8-20-16(13-15)19-7-5-14(2)3/h6,8,13-14H,4-5,7,9-12H2,1-3H3,(H,19,20). The largest absolute Gasteiger partial charge is 0.450 e. The van der Waals surface area contributed by atoms with Crippen molar-refractivity contribution in [1.82, 2.24) is 14.8 Å². The lowest BCUT2D eigenvalue weighted by Crippen LogP contribution is -2.50. The van der Waals surface area contributed by atoms with Gasteiger partial charge in [-0.1, -0.05) is 13.8 Å². The molecule has 2 rings (SSSR count). The molecule has 0 radical (unpaired) electrons. The number of nitrogens with zero attached hydrogens (tertiary/aromatic N) is 3. The number of amides is 2. The summed E-state index contributed by atoms with van der Waals surface area (Å²) in [5.74, 6) is 1.31. The van der Waals surface area contributed by atoms with Crippen molar-refractivity contribution in [3.8, 4) is 0 Å². The lowest BCUT2D eigenvalue weighted by atomic mass is 10.1. The quantitative estimate of drug-likeness (QED) is 0.855. The molecule has 2 amide bonds. The number of hydrogen-bond acceptors (Lipinski definition) is 5. The van der Waals surface area contributed by atoms with Crippen LogP contribution in [-0.2, 0) is 4.74 Å². The maximum Gasteiger partial charge on any atom is 0.409 e. The summed E-state index contributed by atoms with van der Waals surface area (Å²) in [6.45, 7) is 9.34. The number of pyridine rings is 1. The van der Waals surface area contributed by atoms with E-state index in [1.54, 1.807) is 35.1 Å². The van der Waals surface area contributed by atoms with Gasteiger partial charge in [0.05, 0.1) is 6.61 Å². The minimum absolute atomic E-state index is 0.0298. The Morgan fingerprint density at radius 1 is 1.24 bits per heavy atom. The Morgan fingerprint density at radius 3 is 2.56 bits per heavy atom. The molecule has 7 nitrogen and oxygen atoms in total. The predicted molar refractivity (Wildman–Crippen MR) is 96.7 cm³/mol. The number of aromatic nitrogens is 1. The molecule has 25 heavy (non-hydrogen) atoms. The van der Waals surface area contributed by atoms with Gasteiger partial charge in [-0.3, -0.25) is 4.79 Å². The maximum atomic E-state index is 12.7. The molecule has 0 aliphatic carbocycles. The first kappa shape index (κ1) is 19.0. The average molecular weight is 348 g/mol. The zero-order chi connectivity index (χ0) is 18.2. The highest BCUT2D eigenvalue weighted by Crippen LogP contribution is 2.13. The number of carbonyl (C=O) groups is 2. The molecule has 2 heterocycles. The Bertz CT molecular complexity index is 583. The number of rotatable bonds is 6. The highest BCUT2D eigenvalue weighted by atomic mass is 16.6. The summed E-state index contributed by atoms with van der Waals surface area (Å²) >= 11 is 0. The van der Waals surface area contributed by atoms with Crippen molar-refractivity contribution in [3.05, 3.63) is 23.9 Å². The van der Waals surface area contributed by atoms with Gasteiger partial charge >= 0.3 is 6.09 Å². The Hall–Kier alpha value is -2.31. The van der Waals surface area contributed by atoms with Crippen LogP contribution in [0.1, 0.15) is 37.6 Å². The summed E-state index contributed by atoms with van der Waals surface area (Å²) in [6.07, 6.45) is 2.39. The van der Waals surface area contributed by atoms with Crippen molar-refractivity contribution >= 4 is 17.8 Å². The highest BCUT2D eigenvalue weighted by Gasteiger charge is 2.25. The summed E-state index contributed by atoms with van der Waals surface area (Å²) < 4.78 is 5.00. The Labute approximate surface area is 149 Å². The molecule has 1 N–H and O–H groups in total. The van der Waals surface area contributed by atoms with Crippen molar-refractivity contribution < 1.29 is 14.3 Å². The second-order valence-electron chi connectivity index (χ2n) is 6.52. The van der Waals surface area contributed by atoms with E-state index in [-0.39, 0.29) is 12.0 Å². The van der Waals surface area contributed by atoms with Crippen LogP contribution in [0, 0.1) is 5.92 Å². The molecule has 0 bridgehead atoms. The molecule has 1 saturated heterocycles. The third-order valence-electron chi connectivity index (χ3n) is 4.13.